The second-order valence-electron chi connectivity index (χ2n) is 8.34. The van der Waals surface area contributed by atoms with Crippen LogP contribution in [0.3, 0.4) is 0 Å². The first-order valence-electron chi connectivity index (χ1n) is 10.4. The number of nitrogens with zero attached hydrogens (tertiary/aromatic N) is 4. The molecule has 0 aliphatic carbocycles. The topological polar surface area (TPSA) is 85.2 Å². The second kappa shape index (κ2) is 8.75. The van der Waals surface area contributed by atoms with Gasteiger partial charge in [-0.15, -0.1) is 0 Å². The van der Waals surface area contributed by atoms with Crippen molar-refractivity contribution in [2.75, 3.05) is 31.1 Å². The molecule has 0 radical (unpaired) electrons. The fraction of sp³-hybridized carbons (Fsp3) is 0.571. The number of rotatable bonds is 5. The maximum atomic E-state index is 12.5. The molecule has 2 aromatic rings. The summed E-state index contributed by atoms with van der Waals surface area (Å²) in [7, 11) is -2.78. The third-order valence-corrected chi connectivity index (χ3v) is 7.92. The summed E-state index contributed by atoms with van der Waals surface area (Å²) in [6.07, 6.45) is 8.77. The minimum absolute atomic E-state index is 0.0161. The molecule has 2 fully saturated rings. The van der Waals surface area contributed by atoms with Gasteiger partial charge in [0.15, 0.2) is 0 Å². The van der Waals surface area contributed by atoms with Crippen molar-refractivity contribution in [2.24, 2.45) is 11.8 Å². The summed E-state index contributed by atoms with van der Waals surface area (Å²) < 4.78 is 24.9. The lowest BCUT2D eigenvalue weighted by molar-refractivity contribution is 0.148. The zero-order valence-corrected chi connectivity index (χ0v) is 17.4. The molecule has 4 heterocycles. The number of piperidine rings is 1. The third kappa shape index (κ3) is 5.30. The van der Waals surface area contributed by atoms with E-state index in [2.05, 4.69) is 14.9 Å². The van der Waals surface area contributed by atoms with E-state index in [0.29, 0.717) is 35.6 Å². The van der Waals surface area contributed by atoms with Gasteiger partial charge in [-0.3, -0.25) is 14.3 Å². The average Bonchev–Trinajstić information content (AvgIpc) is 2.73. The molecule has 29 heavy (non-hydrogen) atoms. The highest BCUT2D eigenvalue weighted by Gasteiger charge is 2.27. The molecule has 0 saturated carbocycles. The van der Waals surface area contributed by atoms with Crippen molar-refractivity contribution >= 4 is 9.84 Å². The van der Waals surface area contributed by atoms with Crippen molar-refractivity contribution in [2.45, 2.75) is 32.2 Å². The zero-order valence-electron chi connectivity index (χ0n) is 16.6. The van der Waals surface area contributed by atoms with Crippen molar-refractivity contribution in [3.05, 3.63) is 47.3 Å². The molecule has 0 amide bonds. The van der Waals surface area contributed by atoms with E-state index in [1.165, 1.54) is 0 Å². The normalized spacial score (nSPS) is 21.2. The Morgan fingerprint density at radius 2 is 1.62 bits per heavy atom. The molecule has 2 aliphatic rings. The molecule has 0 atom stereocenters. The molecule has 0 N–H and O–H groups in total. The smallest absolute Gasteiger partial charge is 0.253 e. The van der Waals surface area contributed by atoms with Crippen LogP contribution in [0, 0.1) is 11.8 Å². The average molecular weight is 417 g/mol. The molecular formula is C21H28N4O3S. The SMILES string of the molecule is O=c1cc(-c2ccncc2)ncn1CC1CCN(CC2CCS(=O)(=O)CC2)CC1. The monoisotopic (exact) mass is 416 g/mol. The van der Waals surface area contributed by atoms with Gasteiger partial charge in [0.2, 0.25) is 0 Å². The van der Waals surface area contributed by atoms with Crippen LogP contribution >= 0.6 is 0 Å². The Labute approximate surface area is 171 Å². The van der Waals surface area contributed by atoms with E-state index in [4.69, 9.17) is 0 Å². The highest BCUT2D eigenvalue weighted by Crippen LogP contribution is 2.24. The Hall–Kier alpha value is -2.06. The Balaban J connectivity index is 1.28. The van der Waals surface area contributed by atoms with Gasteiger partial charge in [-0.25, -0.2) is 13.4 Å². The molecule has 2 saturated heterocycles. The molecule has 0 aromatic carbocycles. The van der Waals surface area contributed by atoms with Gasteiger partial charge in [0.05, 0.1) is 23.5 Å². The van der Waals surface area contributed by atoms with Crippen LogP contribution in [0.5, 0.6) is 0 Å². The lowest BCUT2D eigenvalue weighted by atomic mass is 9.94. The van der Waals surface area contributed by atoms with Crippen molar-refractivity contribution in [3.8, 4) is 11.3 Å². The number of sulfone groups is 1. The van der Waals surface area contributed by atoms with Gasteiger partial charge in [0.1, 0.15) is 9.84 Å². The number of hydrogen-bond donors (Lipinski definition) is 0. The minimum Gasteiger partial charge on any atom is -0.303 e. The summed E-state index contributed by atoms with van der Waals surface area (Å²) in [5.74, 6) is 1.67. The first-order chi connectivity index (χ1) is 14.0. The summed E-state index contributed by atoms with van der Waals surface area (Å²) >= 11 is 0. The molecule has 0 unspecified atom stereocenters. The Bertz CT molecular complexity index is 968. The van der Waals surface area contributed by atoms with Gasteiger partial charge in [-0.1, -0.05) is 0 Å². The zero-order chi connectivity index (χ0) is 20.3. The van der Waals surface area contributed by atoms with Crippen molar-refractivity contribution in [3.63, 3.8) is 0 Å². The maximum absolute atomic E-state index is 12.5. The fourth-order valence-electron chi connectivity index (χ4n) is 4.36. The molecule has 0 bridgehead atoms. The lowest BCUT2D eigenvalue weighted by Gasteiger charge is -2.35. The van der Waals surface area contributed by atoms with Crippen LogP contribution in [0.15, 0.2) is 41.7 Å². The summed E-state index contributed by atoms with van der Waals surface area (Å²) in [6.45, 7) is 3.75. The van der Waals surface area contributed by atoms with Crippen molar-refractivity contribution in [1.29, 1.82) is 0 Å². The van der Waals surface area contributed by atoms with Gasteiger partial charge >= 0.3 is 0 Å². The highest BCUT2D eigenvalue weighted by molar-refractivity contribution is 7.91. The first-order valence-corrected chi connectivity index (χ1v) is 12.2. The van der Waals surface area contributed by atoms with Crippen LogP contribution in [0.2, 0.25) is 0 Å². The summed E-state index contributed by atoms with van der Waals surface area (Å²) in [5.41, 5.74) is 1.56. The maximum Gasteiger partial charge on any atom is 0.253 e. The van der Waals surface area contributed by atoms with E-state index < -0.39 is 9.84 Å². The van der Waals surface area contributed by atoms with E-state index in [1.807, 2.05) is 12.1 Å². The van der Waals surface area contributed by atoms with Crippen LogP contribution in [0.1, 0.15) is 25.7 Å². The van der Waals surface area contributed by atoms with Gasteiger partial charge in [-0.05, 0) is 62.7 Å². The Kier molecular flexibility index (Phi) is 6.10. The number of pyridine rings is 1. The molecular weight excluding hydrogens is 388 g/mol. The minimum atomic E-state index is -2.78. The Morgan fingerprint density at radius 1 is 0.966 bits per heavy atom. The molecule has 156 valence electrons. The molecule has 4 rings (SSSR count). The highest BCUT2D eigenvalue weighted by atomic mass is 32.2. The fourth-order valence-corrected chi connectivity index (χ4v) is 5.95. The van der Waals surface area contributed by atoms with E-state index >= 15 is 0 Å². The van der Waals surface area contributed by atoms with Gasteiger partial charge in [-0.2, -0.15) is 0 Å². The molecule has 0 spiro atoms. The number of likely N-dealkylation sites (tertiary alicyclic amines) is 1. The summed E-state index contributed by atoms with van der Waals surface area (Å²) in [5, 5.41) is 0. The van der Waals surface area contributed by atoms with Crippen molar-refractivity contribution < 1.29 is 8.42 Å². The molecule has 7 nitrogen and oxygen atoms in total. The second-order valence-corrected chi connectivity index (χ2v) is 10.6. The van der Waals surface area contributed by atoms with Crippen LogP contribution < -0.4 is 5.56 Å². The summed E-state index contributed by atoms with van der Waals surface area (Å²) in [6, 6.07) is 5.30. The van der Waals surface area contributed by atoms with Crippen LogP contribution in [-0.2, 0) is 16.4 Å². The van der Waals surface area contributed by atoms with Crippen LogP contribution in [-0.4, -0.2) is 59.0 Å². The van der Waals surface area contributed by atoms with Crippen LogP contribution in [0.25, 0.3) is 11.3 Å². The quantitative estimate of drug-likeness (QED) is 0.739. The standard InChI is InChI=1S/C21H28N4O3S/c26-21-13-20(19-1-7-22-8-2-19)23-16-25(21)15-17-3-9-24(10-4-17)14-18-5-11-29(27,28)12-6-18/h1-2,7-8,13,16-18H,3-6,9-12,14-15H2. The molecule has 2 aliphatic heterocycles. The first kappa shape index (κ1) is 20.2. The number of aromatic nitrogens is 3. The van der Waals surface area contributed by atoms with E-state index in [9.17, 15) is 13.2 Å². The van der Waals surface area contributed by atoms with Gasteiger partial charge < -0.3 is 4.90 Å². The third-order valence-electron chi connectivity index (χ3n) is 6.21. The number of hydrogen-bond acceptors (Lipinski definition) is 6. The largest absolute Gasteiger partial charge is 0.303 e. The van der Waals surface area contributed by atoms with Gasteiger partial charge in [0.25, 0.3) is 5.56 Å². The van der Waals surface area contributed by atoms with E-state index in [0.717, 1.165) is 50.9 Å². The summed E-state index contributed by atoms with van der Waals surface area (Å²) in [4.78, 5) is 23.4. The van der Waals surface area contributed by atoms with Crippen LogP contribution in [0.4, 0.5) is 0 Å². The molecule has 8 heteroatoms. The molecule has 2 aromatic heterocycles. The predicted molar refractivity (Wildman–Crippen MR) is 112 cm³/mol. The Morgan fingerprint density at radius 3 is 2.28 bits per heavy atom. The lowest BCUT2D eigenvalue weighted by Crippen LogP contribution is -2.40. The predicted octanol–water partition coefficient (Wildman–Crippen LogP) is 1.84. The van der Waals surface area contributed by atoms with E-state index in [1.54, 1.807) is 29.4 Å². The van der Waals surface area contributed by atoms with Gasteiger partial charge in [0, 0.05) is 37.1 Å². The van der Waals surface area contributed by atoms with Crippen molar-refractivity contribution in [1.82, 2.24) is 19.4 Å². The van der Waals surface area contributed by atoms with E-state index in [-0.39, 0.29) is 5.56 Å².